The summed E-state index contributed by atoms with van der Waals surface area (Å²) < 4.78 is 12.2. The second-order valence-electron chi connectivity index (χ2n) is 9.57. The van der Waals surface area contributed by atoms with Crippen molar-refractivity contribution < 1.29 is 14.3 Å². The number of hydrogen-bond acceptors (Lipinski definition) is 5. The first-order valence-electron chi connectivity index (χ1n) is 11.6. The van der Waals surface area contributed by atoms with Gasteiger partial charge in [-0.2, -0.15) is 0 Å². The molecule has 2 aromatic carbocycles. The number of fused-ring (bicyclic) bond motifs is 1. The van der Waals surface area contributed by atoms with E-state index in [-0.39, 0.29) is 16.9 Å². The van der Waals surface area contributed by atoms with Crippen LogP contribution in [-0.2, 0) is 9.53 Å². The fraction of sp³-hybridized carbons (Fsp3) is 0.444. The Balaban J connectivity index is 2.24. The highest BCUT2D eigenvalue weighted by atomic mass is 16.5. The minimum absolute atomic E-state index is 0.0140. The number of methoxy groups -OCH3 is 2. The Morgan fingerprint density at radius 1 is 1.09 bits per heavy atom. The van der Waals surface area contributed by atoms with Crippen molar-refractivity contribution in [2.45, 2.75) is 46.6 Å². The zero-order valence-electron chi connectivity index (χ0n) is 21.0. The van der Waals surface area contributed by atoms with Gasteiger partial charge in [-0.3, -0.25) is 14.2 Å². The van der Waals surface area contributed by atoms with Crippen LogP contribution in [0.2, 0.25) is 0 Å². The van der Waals surface area contributed by atoms with Gasteiger partial charge in [0, 0.05) is 20.1 Å². The molecule has 34 heavy (non-hydrogen) atoms. The molecule has 1 aromatic heterocycles. The van der Waals surface area contributed by atoms with E-state index in [4.69, 9.17) is 14.5 Å². The Kier molecular flexibility index (Phi) is 8.10. The van der Waals surface area contributed by atoms with Crippen LogP contribution < -0.4 is 10.3 Å². The quantitative estimate of drug-likeness (QED) is 0.456. The second-order valence-corrected chi connectivity index (χ2v) is 9.57. The summed E-state index contributed by atoms with van der Waals surface area (Å²) in [5.41, 5.74) is 0.944. The highest BCUT2D eigenvalue weighted by Crippen LogP contribution is 2.29. The van der Waals surface area contributed by atoms with Crippen LogP contribution in [-0.4, -0.2) is 47.7 Å². The number of benzene rings is 2. The van der Waals surface area contributed by atoms with Gasteiger partial charge in [-0.25, -0.2) is 4.98 Å². The molecule has 0 spiro atoms. The maximum absolute atomic E-state index is 13.7. The molecule has 0 saturated heterocycles. The fourth-order valence-corrected chi connectivity index (χ4v) is 4.10. The minimum Gasteiger partial charge on any atom is -0.497 e. The average molecular weight is 466 g/mol. The van der Waals surface area contributed by atoms with Gasteiger partial charge >= 0.3 is 0 Å². The molecule has 3 rings (SSSR count). The van der Waals surface area contributed by atoms with E-state index in [2.05, 4.69) is 0 Å². The molecule has 7 heteroatoms. The van der Waals surface area contributed by atoms with E-state index in [0.29, 0.717) is 54.2 Å². The summed E-state index contributed by atoms with van der Waals surface area (Å²) in [6.45, 7) is 8.95. The van der Waals surface area contributed by atoms with Gasteiger partial charge in [-0.05, 0) is 48.2 Å². The van der Waals surface area contributed by atoms with Gasteiger partial charge in [0.2, 0.25) is 5.91 Å². The van der Waals surface area contributed by atoms with E-state index < -0.39 is 6.04 Å². The number of para-hydroxylation sites is 1. The van der Waals surface area contributed by atoms with Crippen LogP contribution in [0.3, 0.4) is 0 Å². The molecule has 3 aromatic rings. The normalized spacial score (nSPS) is 12.5. The van der Waals surface area contributed by atoms with Crippen molar-refractivity contribution in [1.29, 1.82) is 0 Å². The van der Waals surface area contributed by atoms with Gasteiger partial charge in [0.15, 0.2) is 0 Å². The van der Waals surface area contributed by atoms with Crippen molar-refractivity contribution in [3.8, 4) is 11.4 Å². The summed E-state index contributed by atoms with van der Waals surface area (Å²) in [4.78, 5) is 33.9. The van der Waals surface area contributed by atoms with Crippen molar-refractivity contribution in [2.24, 2.45) is 5.41 Å². The number of rotatable bonds is 9. The molecule has 1 atom stereocenters. The van der Waals surface area contributed by atoms with E-state index in [1.54, 1.807) is 24.9 Å². The number of carbonyl (C=O) groups is 1. The molecular formula is C27H35N3O4. The molecule has 0 bridgehead atoms. The zero-order valence-corrected chi connectivity index (χ0v) is 21.0. The summed E-state index contributed by atoms with van der Waals surface area (Å²) in [6.07, 6.45) is 0.980. The zero-order chi connectivity index (χ0) is 24.9. The van der Waals surface area contributed by atoms with Crippen LogP contribution >= 0.6 is 0 Å². The predicted octanol–water partition coefficient (Wildman–Crippen LogP) is 4.76. The molecule has 0 fully saturated rings. The van der Waals surface area contributed by atoms with E-state index in [0.717, 1.165) is 0 Å². The van der Waals surface area contributed by atoms with Crippen LogP contribution in [0.15, 0.2) is 53.3 Å². The van der Waals surface area contributed by atoms with Crippen molar-refractivity contribution in [3.63, 3.8) is 0 Å². The van der Waals surface area contributed by atoms with Crippen molar-refractivity contribution in [2.75, 3.05) is 27.4 Å². The molecule has 1 unspecified atom stereocenters. The van der Waals surface area contributed by atoms with Crippen molar-refractivity contribution in [1.82, 2.24) is 14.5 Å². The van der Waals surface area contributed by atoms with Crippen LogP contribution in [0.25, 0.3) is 16.6 Å². The van der Waals surface area contributed by atoms with E-state index in [1.165, 1.54) is 0 Å². The predicted molar refractivity (Wildman–Crippen MR) is 135 cm³/mol. The van der Waals surface area contributed by atoms with Crippen LogP contribution in [0.4, 0.5) is 0 Å². The summed E-state index contributed by atoms with van der Waals surface area (Å²) in [5, 5.41) is 0.529. The molecule has 7 nitrogen and oxygen atoms in total. The highest BCUT2D eigenvalue weighted by Gasteiger charge is 2.30. The summed E-state index contributed by atoms with van der Waals surface area (Å²) in [7, 11) is 3.22. The second kappa shape index (κ2) is 10.8. The molecule has 182 valence electrons. The lowest BCUT2D eigenvalue weighted by atomic mass is 9.91. The average Bonchev–Trinajstić information content (AvgIpc) is 2.81. The van der Waals surface area contributed by atoms with E-state index in [1.807, 2.05) is 75.1 Å². The third kappa shape index (κ3) is 5.65. The summed E-state index contributed by atoms with van der Waals surface area (Å²) >= 11 is 0. The largest absolute Gasteiger partial charge is 0.497 e. The SMILES string of the molecule is CCC(c1nc2ccccc2c(=O)n1-c1ccc(OC)cc1)N(CCOC)C(=O)CC(C)(C)C. The smallest absolute Gasteiger partial charge is 0.266 e. The Bertz CT molecular complexity index is 1180. The number of nitrogens with zero attached hydrogens (tertiary/aromatic N) is 3. The maximum atomic E-state index is 13.7. The van der Waals surface area contributed by atoms with Gasteiger partial charge in [0.1, 0.15) is 11.6 Å². The standard InChI is InChI=1S/C27H35N3O4/c1-7-23(29(16-17-33-5)24(31)18-27(2,3)4)25-28-22-11-9-8-10-21(22)26(32)30(25)19-12-14-20(34-6)15-13-19/h8-15,23H,7,16-18H2,1-6H3. The van der Waals surface area contributed by atoms with Gasteiger partial charge in [-0.1, -0.05) is 39.8 Å². The van der Waals surface area contributed by atoms with Crippen LogP contribution in [0, 0.1) is 5.41 Å². The Hall–Kier alpha value is -3.19. The third-order valence-electron chi connectivity index (χ3n) is 5.73. The summed E-state index contributed by atoms with van der Waals surface area (Å²) in [6, 6.07) is 14.2. The molecule has 1 heterocycles. The van der Waals surface area contributed by atoms with Gasteiger partial charge in [0.05, 0.1) is 36.3 Å². The lowest BCUT2D eigenvalue weighted by molar-refractivity contribution is -0.136. The maximum Gasteiger partial charge on any atom is 0.266 e. The first kappa shape index (κ1) is 25.4. The first-order valence-corrected chi connectivity index (χ1v) is 11.6. The number of aromatic nitrogens is 2. The van der Waals surface area contributed by atoms with Gasteiger partial charge in [0.25, 0.3) is 5.56 Å². The van der Waals surface area contributed by atoms with Gasteiger partial charge < -0.3 is 14.4 Å². The molecule has 0 aliphatic rings. The minimum atomic E-state index is -0.399. The third-order valence-corrected chi connectivity index (χ3v) is 5.73. The topological polar surface area (TPSA) is 73.7 Å². The van der Waals surface area contributed by atoms with Crippen LogP contribution in [0.1, 0.15) is 52.4 Å². The molecule has 0 saturated carbocycles. The van der Waals surface area contributed by atoms with E-state index in [9.17, 15) is 9.59 Å². The molecule has 0 radical (unpaired) electrons. The number of hydrogen-bond donors (Lipinski definition) is 0. The lowest BCUT2D eigenvalue weighted by Gasteiger charge is -2.34. The Morgan fingerprint density at radius 3 is 2.35 bits per heavy atom. The Labute approximate surface area is 201 Å². The molecule has 0 aliphatic carbocycles. The molecule has 0 aliphatic heterocycles. The summed E-state index contributed by atoms with van der Waals surface area (Å²) in [5.74, 6) is 1.25. The van der Waals surface area contributed by atoms with Crippen molar-refractivity contribution >= 4 is 16.8 Å². The van der Waals surface area contributed by atoms with Crippen molar-refractivity contribution in [3.05, 3.63) is 64.7 Å². The van der Waals surface area contributed by atoms with Gasteiger partial charge in [-0.15, -0.1) is 0 Å². The monoisotopic (exact) mass is 465 g/mol. The molecular weight excluding hydrogens is 430 g/mol. The fourth-order valence-electron chi connectivity index (χ4n) is 4.10. The molecule has 0 N–H and O–H groups in total. The highest BCUT2D eigenvalue weighted by molar-refractivity contribution is 5.79. The lowest BCUT2D eigenvalue weighted by Crippen LogP contribution is -2.41. The number of carbonyl (C=O) groups excluding carboxylic acids is 1. The number of amides is 1. The first-order chi connectivity index (χ1) is 16.2. The molecule has 1 amide bonds. The van der Waals surface area contributed by atoms with Crippen LogP contribution in [0.5, 0.6) is 5.75 Å². The number of ether oxygens (including phenoxy) is 2. The Morgan fingerprint density at radius 2 is 1.76 bits per heavy atom. The van der Waals surface area contributed by atoms with E-state index >= 15 is 0 Å².